The summed E-state index contributed by atoms with van der Waals surface area (Å²) in [6.07, 6.45) is 0. The maximum atomic E-state index is 13.5. The van der Waals surface area contributed by atoms with Gasteiger partial charge in [-0.1, -0.05) is 76.7 Å². The normalized spacial score (nSPS) is 17.1. The molecular weight excluding hydrogens is 526 g/mol. The summed E-state index contributed by atoms with van der Waals surface area (Å²) in [6, 6.07) is 15.9. The molecular formula is C27H22Cl4N2O2. The van der Waals surface area contributed by atoms with Gasteiger partial charge >= 0.3 is 5.97 Å². The van der Waals surface area contributed by atoms with E-state index in [9.17, 15) is 4.79 Å². The van der Waals surface area contributed by atoms with Crippen molar-refractivity contribution in [1.29, 1.82) is 0 Å². The topological polar surface area (TPSA) is 34.5 Å². The van der Waals surface area contributed by atoms with Gasteiger partial charge < -0.3 is 14.2 Å². The number of nitrogens with zero attached hydrogens (tertiary/aromatic N) is 2. The van der Waals surface area contributed by atoms with Crippen molar-refractivity contribution in [1.82, 2.24) is 4.57 Å². The molecule has 0 aliphatic carbocycles. The molecule has 0 amide bonds. The van der Waals surface area contributed by atoms with Crippen molar-refractivity contribution in [2.45, 2.75) is 26.0 Å². The Hall–Kier alpha value is -2.37. The van der Waals surface area contributed by atoms with Crippen LogP contribution in [0.3, 0.4) is 0 Å². The van der Waals surface area contributed by atoms with E-state index in [2.05, 4.69) is 17.6 Å². The van der Waals surface area contributed by atoms with Crippen molar-refractivity contribution in [2.75, 3.05) is 19.0 Å². The molecule has 1 aliphatic rings. The van der Waals surface area contributed by atoms with Crippen LogP contribution in [0, 0.1) is 6.92 Å². The average molecular weight is 548 g/mol. The van der Waals surface area contributed by atoms with Crippen LogP contribution in [0.25, 0.3) is 10.9 Å². The SMILES string of the molecule is CCn1c(C)c(C2(c3ccc(N(C)C)cc3)OC(=O)c3c(Cl)c(Cl)c(Cl)c(Cl)c32)c2ccccc21. The molecule has 0 spiro atoms. The van der Waals surface area contributed by atoms with Crippen LogP contribution in [0.15, 0.2) is 48.5 Å². The Morgan fingerprint density at radius 2 is 1.51 bits per heavy atom. The number of rotatable bonds is 4. The lowest BCUT2D eigenvalue weighted by Gasteiger charge is -2.32. The van der Waals surface area contributed by atoms with E-state index in [1.807, 2.05) is 68.4 Å². The fourth-order valence-electron chi connectivity index (χ4n) is 5.20. The predicted molar refractivity (Wildman–Crippen MR) is 145 cm³/mol. The average Bonchev–Trinajstić information content (AvgIpc) is 3.32. The van der Waals surface area contributed by atoms with Crippen LogP contribution in [0.4, 0.5) is 5.69 Å². The largest absolute Gasteiger partial charge is 0.440 e. The molecule has 0 N–H and O–H groups in total. The van der Waals surface area contributed by atoms with E-state index >= 15 is 0 Å². The van der Waals surface area contributed by atoms with Crippen molar-refractivity contribution in [3.05, 3.63) is 96.6 Å². The summed E-state index contributed by atoms with van der Waals surface area (Å²) in [5.74, 6) is -0.602. The minimum absolute atomic E-state index is 0.0282. The highest BCUT2D eigenvalue weighted by molar-refractivity contribution is 6.53. The van der Waals surface area contributed by atoms with Crippen molar-refractivity contribution in [3.8, 4) is 0 Å². The van der Waals surface area contributed by atoms with Gasteiger partial charge in [-0.2, -0.15) is 0 Å². The number of esters is 1. The van der Waals surface area contributed by atoms with E-state index in [0.29, 0.717) is 5.56 Å². The number of halogens is 4. The lowest BCUT2D eigenvalue weighted by molar-refractivity contribution is 0.0254. The highest BCUT2D eigenvalue weighted by Gasteiger charge is 2.54. The van der Waals surface area contributed by atoms with E-state index in [0.717, 1.165) is 40.0 Å². The molecule has 0 saturated heterocycles. The minimum atomic E-state index is -1.38. The number of benzene rings is 3. The van der Waals surface area contributed by atoms with Gasteiger partial charge in [0.15, 0.2) is 5.60 Å². The van der Waals surface area contributed by atoms with Crippen molar-refractivity contribution in [2.24, 2.45) is 0 Å². The molecule has 1 atom stereocenters. The third-order valence-corrected chi connectivity index (χ3v) is 8.56. The first-order valence-electron chi connectivity index (χ1n) is 11.1. The van der Waals surface area contributed by atoms with Crippen molar-refractivity contribution < 1.29 is 9.53 Å². The van der Waals surface area contributed by atoms with Crippen LogP contribution >= 0.6 is 46.4 Å². The van der Waals surface area contributed by atoms with Gasteiger partial charge in [-0.15, -0.1) is 0 Å². The number of anilines is 1. The third-order valence-electron chi connectivity index (χ3n) is 6.76. The molecule has 0 bridgehead atoms. The Morgan fingerprint density at radius 1 is 0.886 bits per heavy atom. The van der Waals surface area contributed by atoms with Crippen LogP contribution < -0.4 is 4.90 Å². The van der Waals surface area contributed by atoms with Crippen LogP contribution in [0.1, 0.15) is 39.7 Å². The number of hydrogen-bond acceptors (Lipinski definition) is 3. The summed E-state index contributed by atoms with van der Waals surface area (Å²) >= 11 is 26.4. The van der Waals surface area contributed by atoms with Gasteiger partial charge in [-0.3, -0.25) is 0 Å². The molecule has 35 heavy (non-hydrogen) atoms. The Balaban J connectivity index is 1.99. The number of cyclic esters (lactones) is 1. The molecule has 8 heteroatoms. The number of fused-ring (bicyclic) bond motifs is 2. The van der Waals surface area contributed by atoms with Crippen molar-refractivity contribution in [3.63, 3.8) is 0 Å². The summed E-state index contributed by atoms with van der Waals surface area (Å²) in [5, 5.41) is 1.24. The van der Waals surface area contributed by atoms with Gasteiger partial charge in [0, 0.05) is 59.6 Å². The fraction of sp³-hybridized carbons (Fsp3) is 0.222. The smallest absolute Gasteiger partial charge is 0.341 e. The Kier molecular flexibility index (Phi) is 6.00. The Bertz CT molecular complexity index is 1510. The monoisotopic (exact) mass is 546 g/mol. The standard InChI is InChI=1S/C27H22Cl4N2O2/c1-5-33-14(2)20(17-8-6-7-9-18(17)33)27(15-10-12-16(13-11-15)32(3)4)21-19(26(34)35-27)22(28)24(30)25(31)23(21)29/h6-13H,5H2,1-4H3. The minimum Gasteiger partial charge on any atom is -0.440 e. The van der Waals surface area contributed by atoms with Gasteiger partial charge in [0.2, 0.25) is 0 Å². The number of carbonyl (C=O) groups excluding carboxylic acids is 1. The molecule has 180 valence electrons. The second-order valence-electron chi connectivity index (χ2n) is 8.74. The van der Waals surface area contributed by atoms with Gasteiger partial charge in [0.25, 0.3) is 0 Å². The number of ether oxygens (including phenoxy) is 1. The number of hydrogen-bond donors (Lipinski definition) is 0. The molecule has 1 aromatic heterocycles. The molecule has 4 aromatic rings. The third kappa shape index (κ3) is 3.31. The number of para-hydroxylation sites is 1. The van der Waals surface area contributed by atoms with Gasteiger partial charge in [0.05, 0.1) is 25.7 Å². The molecule has 0 saturated carbocycles. The van der Waals surface area contributed by atoms with E-state index < -0.39 is 11.6 Å². The maximum Gasteiger partial charge on any atom is 0.341 e. The Labute approximate surface area is 223 Å². The van der Waals surface area contributed by atoms with Crippen molar-refractivity contribution >= 4 is 69.0 Å². The molecule has 2 heterocycles. The summed E-state index contributed by atoms with van der Waals surface area (Å²) in [5.41, 5.74) is 3.68. The van der Waals surface area contributed by atoms with Crippen LogP contribution in [0.2, 0.25) is 20.1 Å². The predicted octanol–water partition coefficient (Wildman–Crippen LogP) is 8.11. The zero-order valence-corrected chi connectivity index (χ0v) is 22.6. The molecule has 0 fully saturated rings. The molecule has 3 aromatic carbocycles. The fourth-order valence-corrected chi connectivity index (χ4v) is 6.26. The molecule has 4 nitrogen and oxygen atoms in total. The number of carbonyl (C=O) groups is 1. The lowest BCUT2D eigenvalue weighted by atomic mass is 9.78. The first-order valence-corrected chi connectivity index (χ1v) is 12.6. The van der Waals surface area contributed by atoms with Gasteiger partial charge in [0.1, 0.15) is 0 Å². The number of aryl methyl sites for hydroxylation is 1. The first kappa shape index (κ1) is 24.3. The maximum absolute atomic E-state index is 13.5. The lowest BCUT2D eigenvalue weighted by Crippen LogP contribution is -2.31. The van der Waals surface area contributed by atoms with E-state index in [-0.39, 0.29) is 25.7 Å². The summed E-state index contributed by atoms with van der Waals surface area (Å²) in [7, 11) is 3.93. The first-order chi connectivity index (χ1) is 16.6. The summed E-state index contributed by atoms with van der Waals surface area (Å²) < 4.78 is 8.55. The molecule has 1 aliphatic heterocycles. The van der Waals surface area contributed by atoms with Gasteiger partial charge in [-0.05, 0) is 32.0 Å². The Morgan fingerprint density at radius 3 is 2.14 bits per heavy atom. The van der Waals surface area contributed by atoms with Crippen LogP contribution in [-0.2, 0) is 16.9 Å². The highest BCUT2D eigenvalue weighted by Crippen LogP contribution is 2.57. The summed E-state index contributed by atoms with van der Waals surface area (Å²) in [4.78, 5) is 15.5. The molecule has 1 unspecified atom stereocenters. The highest BCUT2D eigenvalue weighted by atomic mass is 35.5. The zero-order valence-electron chi connectivity index (χ0n) is 19.5. The molecule has 5 rings (SSSR count). The van der Waals surface area contributed by atoms with E-state index in [4.69, 9.17) is 51.1 Å². The number of aromatic nitrogens is 1. The van der Waals surface area contributed by atoms with E-state index in [1.54, 1.807) is 0 Å². The van der Waals surface area contributed by atoms with E-state index in [1.165, 1.54) is 0 Å². The zero-order chi connectivity index (χ0) is 25.2. The second-order valence-corrected chi connectivity index (χ2v) is 10.3. The van der Waals surface area contributed by atoms with Gasteiger partial charge in [-0.25, -0.2) is 4.79 Å². The van der Waals surface area contributed by atoms with Crippen LogP contribution in [0.5, 0.6) is 0 Å². The quantitative estimate of drug-likeness (QED) is 0.147. The summed E-state index contributed by atoms with van der Waals surface area (Å²) in [6.45, 7) is 4.84. The molecule has 0 radical (unpaired) electrons. The van der Waals surface area contributed by atoms with Crippen LogP contribution in [-0.4, -0.2) is 24.6 Å². The second kappa shape index (κ2) is 8.63.